The summed E-state index contributed by atoms with van der Waals surface area (Å²) >= 11 is 0. The van der Waals surface area contributed by atoms with Crippen LogP contribution in [-0.2, 0) is 15.0 Å². The molecule has 76 valence electrons. The Hall–Kier alpha value is -0.700. The molecule has 1 heterocycles. The molecule has 1 unspecified atom stereocenters. The van der Waals surface area contributed by atoms with E-state index in [-0.39, 0.29) is 13.0 Å². The lowest BCUT2D eigenvalue weighted by Gasteiger charge is -2.16. The maximum Gasteiger partial charge on any atom is 0.322 e. The van der Waals surface area contributed by atoms with Gasteiger partial charge in [-0.3, -0.25) is 4.79 Å². The van der Waals surface area contributed by atoms with Crippen molar-refractivity contribution < 1.29 is 23.4 Å². The zero-order chi connectivity index (χ0) is 10.2. The average Bonchev–Trinajstić information content (AvgIpc) is 2.29. The fraction of sp³-hybridized carbons (Fsp3) is 0.800. The van der Waals surface area contributed by atoms with Crippen LogP contribution >= 0.6 is 0 Å². The van der Waals surface area contributed by atoms with Crippen molar-refractivity contribution in [2.45, 2.75) is 18.6 Å². The molecule has 0 aromatic carbocycles. The number of rotatable bonds is 2. The van der Waals surface area contributed by atoms with Crippen LogP contribution in [0.5, 0.6) is 0 Å². The lowest BCUT2D eigenvalue weighted by Crippen LogP contribution is -2.44. The number of hydrogen-bond donors (Lipinski definition) is 3. The number of carbonyl (C=O) groups is 1. The molecular weight excluding hydrogens is 200 g/mol. The third kappa shape index (κ3) is 2.15. The van der Waals surface area contributed by atoms with Crippen LogP contribution in [0.4, 0.5) is 0 Å². The minimum Gasteiger partial charge on any atom is -0.480 e. The number of aliphatic hydroxyl groups is 1. The Labute approximate surface area is 74.9 Å². The molecule has 7 nitrogen and oxygen atoms in total. The van der Waals surface area contributed by atoms with E-state index in [4.69, 9.17) is 15.4 Å². The van der Waals surface area contributed by atoms with E-state index in [1.165, 1.54) is 0 Å². The molecule has 1 rings (SSSR count). The van der Waals surface area contributed by atoms with Crippen LogP contribution in [0.3, 0.4) is 0 Å². The Bertz CT molecular complexity index is 313. The van der Waals surface area contributed by atoms with Gasteiger partial charge in [-0.15, -0.1) is 0 Å². The standard InChI is InChI=1S/C5H10N2O5S/c6-13(11,12)7-2-3(8)1-4(7)5(9)10/h3-4,8H,1-2H2,(H,9,10)(H2,6,11,12)/t3?,4-/m0/s1. The van der Waals surface area contributed by atoms with Crippen LogP contribution in [0.15, 0.2) is 0 Å². The third-order valence-corrected chi connectivity index (χ3v) is 2.90. The molecule has 1 saturated heterocycles. The first-order valence-electron chi connectivity index (χ1n) is 3.53. The van der Waals surface area contributed by atoms with Gasteiger partial charge in [0.05, 0.1) is 6.10 Å². The summed E-state index contributed by atoms with van der Waals surface area (Å²) in [5, 5.41) is 22.4. The van der Waals surface area contributed by atoms with Crippen LogP contribution in [-0.4, -0.2) is 47.6 Å². The highest BCUT2D eigenvalue weighted by molar-refractivity contribution is 7.86. The lowest BCUT2D eigenvalue weighted by atomic mass is 10.2. The van der Waals surface area contributed by atoms with Gasteiger partial charge in [-0.05, 0) is 0 Å². The monoisotopic (exact) mass is 210 g/mol. The summed E-state index contributed by atoms with van der Waals surface area (Å²) in [6.45, 7) is -0.254. The summed E-state index contributed by atoms with van der Waals surface area (Å²) < 4.78 is 22.2. The molecule has 1 aliphatic rings. The van der Waals surface area contributed by atoms with Crippen molar-refractivity contribution in [3.8, 4) is 0 Å². The molecule has 0 aliphatic carbocycles. The van der Waals surface area contributed by atoms with Crippen molar-refractivity contribution in [1.82, 2.24) is 4.31 Å². The SMILES string of the molecule is NS(=O)(=O)N1CC(O)C[C@H]1C(=O)O. The van der Waals surface area contributed by atoms with Crippen molar-refractivity contribution in [3.63, 3.8) is 0 Å². The molecule has 8 heteroatoms. The van der Waals surface area contributed by atoms with E-state index < -0.39 is 28.3 Å². The quantitative estimate of drug-likeness (QED) is 0.473. The number of nitrogens with zero attached hydrogens (tertiary/aromatic N) is 1. The van der Waals surface area contributed by atoms with Gasteiger partial charge < -0.3 is 10.2 Å². The molecule has 2 atom stereocenters. The van der Waals surface area contributed by atoms with Gasteiger partial charge in [0.1, 0.15) is 6.04 Å². The topological polar surface area (TPSA) is 121 Å². The Morgan fingerprint density at radius 3 is 2.38 bits per heavy atom. The first-order chi connectivity index (χ1) is 5.82. The molecular formula is C5H10N2O5S. The number of nitrogens with two attached hydrogens (primary N) is 1. The zero-order valence-corrected chi connectivity index (χ0v) is 7.44. The minimum absolute atomic E-state index is 0.119. The van der Waals surface area contributed by atoms with Crippen molar-refractivity contribution in [3.05, 3.63) is 0 Å². The first kappa shape index (κ1) is 10.4. The van der Waals surface area contributed by atoms with Gasteiger partial charge in [0, 0.05) is 13.0 Å². The van der Waals surface area contributed by atoms with Gasteiger partial charge in [0.25, 0.3) is 10.2 Å². The van der Waals surface area contributed by atoms with Gasteiger partial charge in [-0.2, -0.15) is 12.7 Å². The Kier molecular flexibility index (Phi) is 2.57. The average molecular weight is 210 g/mol. The molecule has 0 amide bonds. The van der Waals surface area contributed by atoms with Crippen LogP contribution in [0.25, 0.3) is 0 Å². The van der Waals surface area contributed by atoms with Gasteiger partial charge >= 0.3 is 5.97 Å². The van der Waals surface area contributed by atoms with Gasteiger partial charge in [0.2, 0.25) is 0 Å². The number of hydrogen-bond acceptors (Lipinski definition) is 4. The van der Waals surface area contributed by atoms with Crippen LogP contribution < -0.4 is 5.14 Å². The molecule has 0 bridgehead atoms. The third-order valence-electron chi connectivity index (χ3n) is 1.85. The maximum absolute atomic E-state index is 10.8. The van der Waals surface area contributed by atoms with E-state index in [0.29, 0.717) is 4.31 Å². The predicted molar refractivity (Wildman–Crippen MR) is 41.9 cm³/mol. The van der Waals surface area contributed by atoms with Crippen LogP contribution in [0, 0.1) is 0 Å². The molecule has 0 aromatic heterocycles. The maximum atomic E-state index is 10.8. The van der Waals surface area contributed by atoms with Crippen molar-refractivity contribution in [2.75, 3.05) is 6.54 Å². The van der Waals surface area contributed by atoms with Gasteiger partial charge in [-0.25, -0.2) is 5.14 Å². The number of carboxylic acid groups (broad SMARTS) is 1. The minimum atomic E-state index is -4.04. The Morgan fingerprint density at radius 2 is 2.08 bits per heavy atom. The fourth-order valence-corrected chi connectivity index (χ4v) is 2.20. The Balaban J connectivity index is 2.91. The van der Waals surface area contributed by atoms with E-state index in [1.54, 1.807) is 0 Å². The summed E-state index contributed by atoms with van der Waals surface area (Å²) in [7, 11) is -4.04. The number of β-amino-alcohol motifs (C(OH)–C–C–N with tert-alkyl or cyclic N) is 1. The number of aliphatic hydroxyl groups excluding tert-OH is 1. The van der Waals surface area contributed by atoms with Gasteiger partial charge in [0.15, 0.2) is 0 Å². The first-order valence-corrected chi connectivity index (χ1v) is 5.03. The summed E-state index contributed by atoms with van der Waals surface area (Å²) in [6.07, 6.45) is -1.08. The fourth-order valence-electron chi connectivity index (χ4n) is 1.29. The second-order valence-electron chi connectivity index (χ2n) is 2.86. The highest BCUT2D eigenvalue weighted by Gasteiger charge is 2.41. The largest absolute Gasteiger partial charge is 0.480 e. The molecule has 0 radical (unpaired) electrons. The summed E-state index contributed by atoms with van der Waals surface area (Å²) in [6, 6.07) is -1.25. The lowest BCUT2D eigenvalue weighted by molar-refractivity contribution is -0.140. The smallest absolute Gasteiger partial charge is 0.322 e. The van der Waals surface area contributed by atoms with Crippen molar-refractivity contribution >= 4 is 16.2 Å². The van der Waals surface area contributed by atoms with E-state index in [9.17, 15) is 13.2 Å². The van der Waals surface area contributed by atoms with E-state index in [2.05, 4.69) is 0 Å². The van der Waals surface area contributed by atoms with Crippen LogP contribution in [0.2, 0.25) is 0 Å². The molecule has 1 fully saturated rings. The van der Waals surface area contributed by atoms with Crippen molar-refractivity contribution in [1.29, 1.82) is 0 Å². The zero-order valence-electron chi connectivity index (χ0n) is 6.62. The van der Waals surface area contributed by atoms with Crippen LogP contribution in [0.1, 0.15) is 6.42 Å². The number of aliphatic carboxylic acids is 1. The molecule has 1 aliphatic heterocycles. The highest BCUT2D eigenvalue weighted by Crippen LogP contribution is 2.19. The van der Waals surface area contributed by atoms with E-state index in [0.717, 1.165) is 0 Å². The number of carboxylic acids is 1. The van der Waals surface area contributed by atoms with E-state index >= 15 is 0 Å². The van der Waals surface area contributed by atoms with E-state index in [1.807, 2.05) is 0 Å². The molecule has 0 aromatic rings. The second-order valence-corrected chi connectivity index (χ2v) is 4.36. The van der Waals surface area contributed by atoms with Crippen molar-refractivity contribution in [2.24, 2.45) is 5.14 Å². The normalized spacial score (nSPS) is 30.6. The highest BCUT2D eigenvalue weighted by atomic mass is 32.2. The molecule has 4 N–H and O–H groups in total. The second kappa shape index (κ2) is 3.22. The summed E-state index contributed by atoms with van der Waals surface area (Å²) in [5.74, 6) is -1.30. The van der Waals surface area contributed by atoms with Gasteiger partial charge in [-0.1, -0.05) is 0 Å². The summed E-state index contributed by atoms with van der Waals surface area (Å²) in [5.41, 5.74) is 0. The Morgan fingerprint density at radius 1 is 1.54 bits per heavy atom. The molecule has 0 spiro atoms. The summed E-state index contributed by atoms with van der Waals surface area (Å²) in [4.78, 5) is 10.5. The molecule has 0 saturated carbocycles. The molecule has 13 heavy (non-hydrogen) atoms. The predicted octanol–water partition coefficient (Wildman–Crippen LogP) is -2.29.